The van der Waals surface area contributed by atoms with E-state index in [1.165, 1.54) is 5.56 Å². The first-order valence-corrected chi connectivity index (χ1v) is 9.86. The Balaban J connectivity index is 1.72. The second-order valence-corrected chi connectivity index (χ2v) is 7.46. The summed E-state index contributed by atoms with van der Waals surface area (Å²) in [7, 11) is 0. The summed E-state index contributed by atoms with van der Waals surface area (Å²) in [5.41, 5.74) is 7.01. The molecule has 30 heavy (non-hydrogen) atoms. The van der Waals surface area contributed by atoms with Gasteiger partial charge in [0.05, 0.1) is 16.9 Å². The maximum atomic E-state index is 13.1. The molecule has 1 N–H and O–H groups in total. The van der Waals surface area contributed by atoms with Gasteiger partial charge < -0.3 is 9.84 Å². The number of aromatic nitrogens is 3. The molecular weight excluding hydrogens is 376 g/mol. The third-order valence-electron chi connectivity index (χ3n) is 5.37. The van der Waals surface area contributed by atoms with Gasteiger partial charge in [-0.3, -0.25) is 4.79 Å². The van der Waals surface area contributed by atoms with Gasteiger partial charge in [-0.05, 0) is 57.0 Å². The predicted octanol–water partition coefficient (Wildman–Crippen LogP) is 4.69. The molecule has 0 aliphatic carbocycles. The minimum Gasteiger partial charge on any atom is -0.361 e. The summed E-state index contributed by atoms with van der Waals surface area (Å²) in [6, 6.07) is 15.9. The van der Waals surface area contributed by atoms with Gasteiger partial charge in [0.1, 0.15) is 11.5 Å². The molecule has 0 aliphatic heterocycles. The summed E-state index contributed by atoms with van der Waals surface area (Å²) in [6.45, 7) is 8.19. The van der Waals surface area contributed by atoms with Crippen LogP contribution in [-0.4, -0.2) is 20.8 Å². The fourth-order valence-electron chi connectivity index (χ4n) is 3.37. The SMILES string of the molecule is Cc1ccc(-c2nn(-c3ccccc3)cc2C(=O)NCc2c(C)noc2C)cc1C. The predicted molar refractivity (Wildman–Crippen MR) is 116 cm³/mol. The summed E-state index contributed by atoms with van der Waals surface area (Å²) in [5, 5.41) is 11.7. The molecule has 0 saturated carbocycles. The highest BCUT2D eigenvalue weighted by Crippen LogP contribution is 2.26. The summed E-state index contributed by atoms with van der Waals surface area (Å²) in [5.74, 6) is 0.521. The van der Waals surface area contributed by atoms with Crippen LogP contribution in [0.2, 0.25) is 0 Å². The van der Waals surface area contributed by atoms with Gasteiger partial charge in [-0.1, -0.05) is 35.5 Å². The fraction of sp³-hybridized carbons (Fsp3) is 0.208. The van der Waals surface area contributed by atoms with E-state index in [9.17, 15) is 4.79 Å². The molecule has 2 aromatic heterocycles. The number of hydrogen-bond donors (Lipinski definition) is 1. The Morgan fingerprint density at radius 2 is 1.80 bits per heavy atom. The van der Waals surface area contributed by atoms with Crippen LogP contribution in [0, 0.1) is 27.7 Å². The smallest absolute Gasteiger partial charge is 0.255 e. The van der Waals surface area contributed by atoms with Crippen molar-refractivity contribution in [2.45, 2.75) is 34.2 Å². The van der Waals surface area contributed by atoms with Crippen LogP contribution in [0.4, 0.5) is 0 Å². The third kappa shape index (κ3) is 3.76. The quantitative estimate of drug-likeness (QED) is 0.527. The van der Waals surface area contributed by atoms with Crippen LogP contribution in [0.25, 0.3) is 16.9 Å². The maximum absolute atomic E-state index is 13.1. The third-order valence-corrected chi connectivity index (χ3v) is 5.37. The zero-order valence-electron chi connectivity index (χ0n) is 17.6. The van der Waals surface area contributed by atoms with Crippen molar-refractivity contribution in [3.8, 4) is 16.9 Å². The average molecular weight is 400 g/mol. The number of carbonyl (C=O) groups is 1. The Hall–Kier alpha value is -3.67. The molecule has 0 unspecified atom stereocenters. The molecule has 152 valence electrons. The Bertz CT molecular complexity index is 1190. The molecule has 0 radical (unpaired) electrons. The minimum atomic E-state index is -0.189. The van der Waals surface area contributed by atoms with Crippen LogP contribution in [0.1, 0.15) is 38.5 Å². The fourth-order valence-corrected chi connectivity index (χ4v) is 3.37. The number of nitrogens with zero attached hydrogens (tertiary/aromatic N) is 3. The van der Waals surface area contributed by atoms with Crippen LogP contribution in [-0.2, 0) is 6.54 Å². The van der Waals surface area contributed by atoms with Crippen molar-refractivity contribution in [2.75, 3.05) is 0 Å². The number of rotatable bonds is 5. The van der Waals surface area contributed by atoms with Crippen molar-refractivity contribution in [3.63, 3.8) is 0 Å². The first-order valence-electron chi connectivity index (χ1n) is 9.86. The average Bonchev–Trinajstić information content (AvgIpc) is 3.33. The Kier molecular flexibility index (Phi) is 5.23. The van der Waals surface area contributed by atoms with E-state index >= 15 is 0 Å². The first kappa shape index (κ1) is 19.6. The Labute approximate surface area is 175 Å². The highest BCUT2D eigenvalue weighted by Gasteiger charge is 2.20. The van der Waals surface area contributed by atoms with Crippen molar-refractivity contribution in [2.24, 2.45) is 0 Å². The van der Waals surface area contributed by atoms with Crippen molar-refractivity contribution >= 4 is 5.91 Å². The Morgan fingerprint density at radius 3 is 2.47 bits per heavy atom. The molecule has 0 bridgehead atoms. The van der Waals surface area contributed by atoms with Crippen LogP contribution < -0.4 is 5.32 Å². The number of para-hydroxylation sites is 1. The van der Waals surface area contributed by atoms with E-state index in [-0.39, 0.29) is 5.91 Å². The van der Waals surface area contributed by atoms with Gasteiger partial charge in [-0.15, -0.1) is 0 Å². The normalized spacial score (nSPS) is 10.9. The van der Waals surface area contributed by atoms with Gasteiger partial charge in [0.15, 0.2) is 0 Å². The monoisotopic (exact) mass is 400 g/mol. The lowest BCUT2D eigenvalue weighted by Gasteiger charge is -2.07. The van der Waals surface area contributed by atoms with E-state index in [0.717, 1.165) is 28.1 Å². The van der Waals surface area contributed by atoms with Crippen LogP contribution in [0.5, 0.6) is 0 Å². The molecule has 6 nitrogen and oxygen atoms in total. The topological polar surface area (TPSA) is 73.0 Å². The molecule has 4 rings (SSSR count). The van der Waals surface area contributed by atoms with E-state index in [2.05, 4.69) is 36.5 Å². The zero-order valence-corrected chi connectivity index (χ0v) is 17.6. The molecule has 0 aliphatic rings. The highest BCUT2D eigenvalue weighted by molar-refractivity contribution is 6.00. The number of carbonyl (C=O) groups excluding carboxylic acids is 1. The van der Waals surface area contributed by atoms with Crippen LogP contribution in [0.15, 0.2) is 59.3 Å². The lowest BCUT2D eigenvalue weighted by molar-refractivity contribution is 0.0951. The summed E-state index contributed by atoms with van der Waals surface area (Å²) in [4.78, 5) is 13.1. The van der Waals surface area contributed by atoms with Gasteiger partial charge in [-0.25, -0.2) is 4.68 Å². The van der Waals surface area contributed by atoms with E-state index in [0.29, 0.717) is 23.6 Å². The minimum absolute atomic E-state index is 0.189. The summed E-state index contributed by atoms with van der Waals surface area (Å²) < 4.78 is 6.94. The maximum Gasteiger partial charge on any atom is 0.255 e. The van der Waals surface area contributed by atoms with Gasteiger partial charge in [0, 0.05) is 23.9 Å². The largest absolute Gasteiger partial charge is 0.361 e. The molecule has 0 atom stereocenters. The molecule has 2 heterocycles. The van der Waals surface area contributed by atoms with Crippen LogP contribution >= 0.6 is 0 Å². The van der Waals surface area contributed by atoms with Gasteiger partial charge >= 0.3 is 0 Å². The van der Waals surface area contributed by atoms with Gasteiger partial charge in [0.25, 0.3) is 5.91 Å². The van der Waals surface area contributed by atoms with Crippen molar-refractivity contribution in [3.05, 3.63) is 88.4 Å². The molecule has 2 aromatic carbocycles. The number of aryl methyl sites for hydroxylation is 4. The number of hydrogen-bond acceptors (Lipinski definition) is 4. The summed E-state index contributed by atoms with van der Waals surface area (Å²) >= 11 is 0. The summed E-state index contributed by atoms with van der Waals surface area (Å²) in [6.07, 6.45) is 1.78. The highest BCUT2D eigenvalue weighted by atomic mass is 16.5. The number of amides is 1. The molecule has 4 aromatic rings. The van der Waals surface area contributed by atoms with Crippen molar-refractivity contribution in [1.29, 1.82) is 0 Å². The Morgan fingerprint density at radius 1 is 1.03 bits per heavy atom. The molecule has 0 fully saturated rings. The van der Waals surface area contributed by atoms with E-state index in [1.54, 1.807) is 10.9 Å². The molecule has 0 saturated heterocycles. The van der Waals surface area contributed by atoms with Crippen molar-refractivity contribution < 1.29 is 9.32 Å². The standard InChI is InChI=1S/C24H24N4O2/c1-15-10-11-19(12-16(15)2)23-22(14-28(26-23)20-8-6-5-7-9-20)24(29)25-13-21-17(3)27-30-18(21)4/h5-12,14H,13H2,1-4H3,(H,25,29). The molecule has 6 heteroatoms. The second-order valence-electron chi connectivity index (χ2n) is 7.46. The first-order chi connectivity index (χ1) is 14.4. The molecule has 0 spiro atoms. The van der Waals surface area contributed by atoms with E-state index in [4.69, 9.17) is 9.62 Å². The van der Waals surface area contributed by atoms with Gasteiger partial charge in [-0.2, -0.15) is 5.10 Å². The van der Waals surface area contributed by atoms with E-state index < -0.39 is 0 Å². The zero-order chi connectivity index (χ0) is 21.3. The van der Waals surface area contributed by atoms with Gasteiger partial charge in [0.2, 0.25) is 0 Å². The number of benzene rings is 2. The van der Waals surface area contributed by atoms with Crippen LogP contribution in [0.3, 0.4) is 0 Å². The molecule has 1 amide bonds. The molecular formula is C24H24N4O2. The lowest BCUT2D eigenvalue weighted by atomic mass is 10.0. The second kappa shape index (κ2) is 7.99. The van der Waals surface area contributed by atoms with E-state index in [1.807, 2.05) is 50.2 Å². The van der Waals surface area contributed by atoms with Crippen molar-refractivity contribution in [1.82, 2.24) is 20.3 Å². The lowest BCUT2D eigenvalue weighted by Crippen LogP contribution is -2.23. The number of nitrogens with one attached hydrogen (secondary N) is 1.